The van der Waals surface area contributed by atoms with E-state index in [0.717, 1.165) is 49.1 Å². The van der Waals surface area contributed by atoms with Crippen molar-refractivity contribution in [3.05, 3.63) is 35.0 Å². The Hall–Kier alpha value is -1.54. The van der Waals surface area contributed by atoms with Gasteiger partial charge in [-0.05, 0) is 68.0 Å². The van der Waals surface area contributed by atoms with E-state index in [-0.39, 0.29) is 18.3 Å². The second-order valence-corrected chi connectivity index (χ2v) is 10.4. The maximum atomic E-state index is 11.5. The SMILES string of the molecule is CCCSCCN1CC[C@@H](CC[C@H](O)c2c(Cl)cnc3ccc(OC)cc23)[C@H](CC(=O)O)C1. The summed E-state index contributed by atoms with van der Waals surface area (Å²) >= 11 is 8.41. The number of fused-ring (bicyclic) bond motifs is 1. The van der Waals surface area contributed by atoms with Crippen LogP contribution in [0.3, 0.4) is 0 Å². The van der Waals surface area contributed by atoms with E-state index in [2.05, 4.69) is 16.8 Å². The summed E-state index contributed by atoms with van der Waals surface area (Å²) in [5.74, 6) is 2.58. The molecular formula is C25H35ClN2O4S. The van der Waals surface area contributed by atoms with Gasteiger partial charge in [0.1, 0.15) is 5.75 Å². The van der Waals surface area contributed by atoms with Crippen LogP contribution < -0.4 is 4.74 Å². The highest BCUT2D eigenvalue weighted by atomic mass is 35.5. The van der Waals surface area contributed by atoms with Gasteiger partial charge in [0.15, 0.2) is 0 Å². The van der Waals surface area contributed by atoms with Crippen LogP contribution in [0.5, 0.6) is 5.75 Å². The number of carboxylic acid groups (broad SMARTS) is 1. The van der Waals surface area contributed by atoms with Crippen molar-refractivity contribution in [1.29, 1.82) is 0 Å². The number of methoxy groups -OCH3 is 1. The van der Waals surface area contributed by atoms with Crippen LogP contribution in [0.15, 0.2) is 24.4 Å². The van der Waals surface area contributed by atoms with Crippen LogP contribution in [0.4, 0.5) is 0 Å². The van der Waals surface area contributed by atoms with Crippen molar-refractivity contribution in [2.45, 2.75) is 45.1 Å². The third-order valence-corrected chi connectivity index (χ3v) is 7.99. The maximum Gasteiger partial charge on any atom is 0.303 e. The number of halogens is 1. The summed E-state index contributed by atoms with van der Waals surface area (Å²) in [7, 11) is 1.60. The van der Waals surface area contributed by atoms with Crippen molar-refractivity contribution < 1.29 is 19.7 Å². The number of piperidine rings is 1. The maximum absolute atomic E-state index is 11.5. The highest BCUT2D eigenvalue weighted by molar-refractivity contribution is 7.99. The second-order valence-electron chi connectivity index (χ2n) is 8.82. The van der Waals surface area contributed by atoms with Crippen molar-refractivity contribution in [3.63, 3.8) is 0 Å². The Balaban J connectivity index is 1.66. The summed E-state index contributed by atoms with van der Waals surface area (Å²) in [5.41, 5.74) is 1.42. The lowest BCUT2D eigenvalue weighted by Gasteiger charge is -2.38. The normalized spacial score (nSPS) is 20.1. The first-order valence-electron chi connectivity index (χ1n) is 11.7. The zero-order valence-corrected chi connectivity index (χ0v) is 21.1. The Morgan fingerprint density at radius 1 is 1.36 bits per heavy atom. The molecule has 2 aromatic rings. The van der Waals surface area contributed by atoms with E-state index in [4.69, 9.17) is 16.3 Å². The third kappa shape index (κ3) is 7.22. The fourth-order valence-electron chi connectivity index (χ4n) is 4.78. The van der Waals surface area contributed by atoms with Gasteiger partial charge in [0.25, 0.3) is 0 Å². The van der Waals surface area contributed by atoms with Gasteiger partial charge in [-0.1, -0.05) is 18.5 Å². The molecule has 6 nitrogen and oxygen atoms in total. The Labute approximate surface area is 205 Å². The van der Waals surface area contributed by atoms with Crippen LogP contribution in [0.25, 0.3) is 10.9 Å². The fourth-order valence-corrected chi connectivity index (χ4v) is 5.94. The highest BCUT2D eigenvalue weighted by Crippen LogP contribution is 2.37. The van der Waals surface area contributed by atoms with Gasteiger partial charge in [0.2, 0.25) is 0 Å². The quantitative estimate of drug-likeness (QED) is 0.389. The molecule has 0 aliphatic carbocycles. The lowest BCUT2D eigenvalue weighted by atomic mass is 9.79. The number of hydrogen-bond acceptors (Lipinski definition) is 6. The summed E-state index contributed by atoms with van der Waals surface area (Å²) in [4.78, 5) is 18.3. The average Bonchev–Trinajstić information content (AvgIpc) is 2.80. The van der Waals surface area contributed by atoms with E-state index < -0.39 is 12.1 Å². The number of hydrogen-bond donors (Lipinski definition) is 2. The number of aliphatic hydroxyl groups is 1. The van der Waals surface area contributed by atoms with Crippen molar-refractivity contribution in [1.82, 2.24) is 9.88 Å². The Bertz CT molecular complexity index is 929. The smallest absolute Gasteiger partial charge is 0.303 e. The number of carbonyl (C=O) groups is 1. The van der Waals surface area contributed by atoms with Crippen molar-refractivity contribution in [2.75, 3.05) is 38.2 Å². The largest absolute Gasteiger partial charge is 0.497 e. The molecule has 0 saturated carbocycles. The summed E-state index contributed by atoms with van der Waals surface area (Å²) in [6, 6.07) is 5.55. The summed E-state index contributed by atoms with van der Waals surface area (Å²) in [5, 5.41) is 21.8. The summed E-state index contributed by atoms with van der Waals surface area (Å²) < 4.78 is 5.34. The number of pyridine rings is 1. The monoisotopic (exact) mass is 494 g/mol. The number of aromatic nitrogens is 1. The van der Waals surface area contributed by atoms with Crippen LogP contribution in [0.2, 0.25) is 5.02 Å². The molecule has 8 heteroatoms. The number of benzene rings is 1. The molecule has 1 saturated heterocycles. The first-order valence-corrected chi connectivity index (χ1v) is 13.3. The van der Waals surface area contributed by atoms with Crippen LogP contribution >= 0.6 is 23.4 Å². The number of aliphatic carboxylic acids is 1. The molecule has 33 heavy (non-hydrogen) atoms. The first kappa shape index (κ1) is 26.1. The molecule has 0 amide bonds. The van der Waals surface area contributed by atoms with Gasteiger partial charge in [0.05, 0.1) is 23.8 Å². The number of ether oxygens (including phenoxy) is 1. The number of nitrogens with zero attached hydrogens (tertiary/aromatic N) is 2. The molecule has 1 aliphatic rings. The van der Waals surface area contributed by atoms with Gasteiger partial charge in [0, 0.05) is 42.4 Å². The van der Waals surface area contributed by atoms with Gasteiger partial charge in [-0.15, -0.1) is 0 Å². The molecule has 1 aromatic carbocycles. The Kier molecular flexibility index (Phi) is 10.1. The predicted octanol–water partition coefficient (Wildman–Crippen LogP) is 5.27. The van der Waals surface area contributed by atoms with Gasteiger partial charge < -0.3 is 19.8 Å². The van der Waals surface area contributed by atoms with E-state index in [1.807, 2.05) is 30.0 Å². The van der Waals surface area contributed by atoms with Gasteiger partial charge in [-0.3, -0.25) is 9.78 Å². The Morgan fingerprint density at radius 3 is 2.91 bits per heavy atom. The van der Waals surface area contributed by atoms with Crippen LogP contribution in [0.1, 0.15) is 50.7 Å². The molecule has 2 N–H and O–H groups in total. The lowest BCUT2D eigenvalue weighted by molar-refractivity contribution is -0.139. The highest BCUT2D eigenvalue weighted by Gasteiger charge is 2.31. The van der Waals surface area contributed by atoms with E-state index in [9.17, 15) is 15.0 Å². The van der Waals surface area contributed by atoms with Crippen molar-refractivity contribution in [3.8, 4) is 5.75 Å². The standard InChI is InChI=1S/C25H35ClN2O4S/c1-3-11-33-12-10-28-9-8-17(18(16-28)13-24(30)31)4-7-23(29)25-20-14-19(32-2)5-6-22(20)27-15-21(25)26/h5-6,14-15,17-18,23,29H,3-4,7-13,16H2,1-2H3,(H,30,31)/t17-,18-,23+/m1/s1. The number of rotatable bonds is 12. The van der Waals surface area contributed by atoms with Gasteiger partial charge in [-0.25, -0.2) is 0 Å². The molecular weight excluding hydrogens is 460 g/mol. The van der Waals surface area contributed by atoms with E-state index in [1.54, 1.807) is 13.3 Å². The minimum absolute atomic E-state index is 0.101. The predicted molar refractivity (Wildman–Crippen MR) is 135 cm³/mol. The molecule has 1 aliphatic heterocycles. The number of aliphatic hydroxyl groups excluding tert-OH is 1. The molecule has 0 radical (unpaired) electrons. The molecule has 2 heterocycles. The topological polar surface area (TPSA) is 82.9 Å². The van der Waals surface area contributed by atoms with Crippen LogP contribution in [0, 0.1) is 11.8 Å². The number of thioether (sulfide) groups is 1. The van der Waals surface area contributed by atoms with E-state index >= 15 is 0 Å². The fraction of sp³-hybridized carbons (Fsp3) is 0.600. The number of likely N-dealkylation sites (tertiary alicyclic amines) is 1. The van der Waals surface area contributed by atoms with Gasteiger partial charge >= 0.3 is 5.97 Å². The van der Waals surface area contributed by atoms with Crippen molar-refractivity contribution in [2.24, 2.45) is 11.8 Å². The average molecular weight is 495 g/mol. The molecule has 0 unspecified atom stereocenters. The first-order chi connectivity index (χ1) is 15.9. The lowest BCUT2D eigenvalue weighted by Crippen LogP contribution is -2.42. The van der Waals surface area contributed by atoms with Crippen LogP contribution in [-0.2, 0) is 4.79 Å². The number of carboxylic acids is 1. The third-order valence-electron chi connectivity index (χ3n) is 6.52. The summed E-state index contributed by atoms with van der Waals surface area (Å²) in [6.07, 6.45) is 4.45. The minimum atomic E-state index is -0.747. The Morgan fingerprint density at radius 2 is 2.18 bits per heavy atom. The van der Waals surface area contributed by atoms with E-state index in [0.29, 0.717) is 22.8 Å². The second kappa shape index (κ2) is 12.8. The molecule has 182 valence electrons. The molecule has 3 atom stereocenters. The molecule has 3 rings (SSSR count). The van der Waals surface area contributed by atoms with Gasteiger partial charge in [-0.2, -0.15) is 11.8 Å². The molecule has 1 fully saturated rings. The van der Waals surface area contributed by atoms with Crippen molar-refractivity contribution >= 4 is 40.2 Å². The molecule has 0 spiro atoms. The minimum Gasteiger partial charge on any atom is -0.497 e. The molecule has 0 bridgehead atoms. The van der Waals surface area contributed by atoms with E-state index in [1.165, 1.54) is 12.2 Å². The summed E-state index contributed by atoms with van der Waals surface area (Å²) in [6.45, 7) is 5.00. The zero-order chi connectivity index (χ0) is 23.8. The molecule has 1 aromatic heterocycles. The van der Waals surface area contributed by atoms with Crippen LogP contribution in [-0.4, -0.2) is 64.3 Å². The zero-order valence-electron chi connectivity index (χ0n) is 19.5.